The number of carboxylic acids is 1. The first-order valence-electron chi connectivity index (χ1n) is 4.69. The summed E-state index contributed by atoms with van der Waals surface area (Å²) in [7, 11) is 1.69. The minimum atomic E-state index is -1.45. The predicted molar refractivity (Wildman–Crippen MR) is 53.8 cm³/mol. The van der Waals surface area contributed by atoms with Gasteiger partial charge in [0.05, 0.1) is 0 Å². The van der Waals surface area contributed by atoms with Crippen LogP contribution in [0.3, 0.4) is 0 Å². The molecule has 3 N–H and O–H groups in total. The van der Waals surface area contributed by atoms with Gasteiger partial charge in [0.15, 0.2) is 6.10 Å². The average Bonchev–Trinajstić information content (AvgIpc) is 2.64. The van der Waals surface area contributed by atoms with E-state index in [0.29, 0.717) is 0 Å². The Labute approximate surface area is 91.7 Å². The predicted octanol–water partition coefficient (Wildman–Crippen LogP) is -1.01. The number of carboxylic acid groups (broad SMARTS) is 1. The summed E-state index contributed by atoms with van der Waals surface area (Å²) in [4.78, 5) is 21.7. The Kier molecular flexibility index (Phi) is 4.01. The highest BCUT2D eigenvalue weighted by molar-refractivity contribution is 5.92. The molecule has 1 amide bonds. The average molecular weight is 227 g/mol. The van der Waals surface area contributed by atoms with E-state index in [1.165, 1.54) is 4.68 Å². The van der Waals surface area contributed by atoms with Gasteiger partial charge in [0.2, 0.25) is 0 Å². The van der Waals surface area contributed by atoms with Crippen LogP contribution in [0.15, 0.2) is 12.3 Å². The van der Waals surface area contributed by atoms with Crippen LogP contribution in [0.2, 0.25) is 0 Å². The smallest absolute Gasteiger partial charge is 0.332 e. The summed E-state index contributed by atoms with van der Waals surface area (Å²) in [5.74, 6) is -1.69. The summed E-state index contributed by atoms with van der Waals surface area (Å²) in [5, 5.41) is 23.7. The number of aliphatic hydroxyl groups excluding tert-OH is 1. The van der Waals surface area contributed by atoms with Crippen LogP contribution in [-0.4, -0.2) is 44.5 Å². The van der Waals surface area contributed by atoms with Crippen LogP contribution in [-0.2, 0) is 11.8 Å². The third kappa shape index (κ3) is 3.35. The first-order chi connectivity index (χ1) is 7.50. The number of hydrogen-bond donors (Lipinski definition) is 3. The van der Waals surface area contributed by atoms with Crippen molar-refractivity contribution in [3.63, 3.8) is 0 Å². The van der Waals surface area contributed by atoms with Crippen LogP contribution in [0, 0.1) is 0 Å². The van der Waals surface area contributed by atoms with Crippen molar-refractivity contribution in [1.29, 1.82) is 0 Å². The number of aryl methyl sites for hydroxylation is 1. The number of hydrogen-bond acceptors (Lipinski definition) is 4. The molecule has 0 radical (unpaired) electrons. The minimum absolute atomic E-state index is 0.0338. The quantitative estimate of drug-likeness (QED) is 0.597. The fourth-order valence-corrected chi connectivity index (χ4v) is 1.07. The third-order valence-corrected chi connectivity index (χ3v) is 1.93. The number of nitrogens with zero attached hydrogens (tertiary/aromatic N) is 2. The number of carbonyl (C=O) groups is 2. The number of nitrogens with one attached hydrogen (secondary N) is 1. The van der Waals surface area contributed by atoms with Crippen molar-refractivity contribution in [1.82, 2.24) is 15.1 Å². The second-order valence-electron chi connectivity index (χ2n) is 3.27. The van der Waals surface area contributed by atoms with Gasteiger partial charge in [-0.1, -0.05) is 0 Å². The van der Waals surface area contributed by atoms with Crippen molar-refractivity contribution in [3.05, 3.63) is 18.0 Å². The van der Waals surface area contributed by atoms with E-state index in [1.54, 1.807) is 19.3 Å². The van der Waals surface area contributed by atoms with Gasteiger partial charge < -0.3 is 15.5 Å². The molecule has 16 heavy (non-hydrogen) atoms. The molecular formula is C9H13N3O4. The van der Waals surface area contributed by atoms with Crippen LogP contribution in [0.5, 0.6) is 0 Å². The van der Waals surface area contributed by atoms with E-state index in [2.05, 4.69) is 10.4 Å². The molecule has 0 aliphatic rings. The lowest BCUT2D eigenvalue weighted by Gasteiger charge is -2.05. The Morgan fingerprint density at radius 1 is 1.62 bits per heavy atom. The maximum Gasteiger partial charge on any atom is 0.332 e. The minimum Gasteiger partial charge on any atom is -0.479 e. The van der Waals surface area contributed by atoms with Crippen molar-refractivity contribution in [2.24, 2.45) is 7.05 Å². The van der Waals surface area contributed by atoms with Crippen molar-refractivity contribution < 1.29 is 19.8 Å². The molecule has 0 aliphatic carbocycles. The van der Waals surface area contributed by atoms with E-state index in [1.807, 2.05) is 0 Å². The van der Waals surface area contributed by atoms with Crippen molar-refractivity contribution in [2.75, 3.05) is 6.54 Å². The summed E-state index contributed by atoms with van der Waals surface area (Å²) in [6.07, 6.45) is 0.138. The van der Waals surface area contributed by atoms with Gasteiger partial charge >= 0.3 is 5.97 Å². The molecule has 0 fully saturated rings. The van der Waals surface area contributed by atoms with Gasteiger partial charge in [-0.05, 0) is 6.07 Å². The number of aromatic nitrogens is 2. The normalized spacial score (nSPS) is 12.1. The largest absolute Gasteiger partial charge is 0.479 e. The van der Waals surface area contributed by atoms with E-state index in [0.717, 1.165) is 0 Å². The van der Waals surface area contributed by atoms with Crippen LogP contribution in [0.4, 0.5) is 0 Å². The second-order valence-corrected chi connectivity index (χ2v) is 3.27. The number of aliphatic carboxylic acids is 1. The lowest BCUT2D eigenvalue weighted by molar-refractivity contribution is -0.146. The molecule has 1 aromatic heterocycles. The molecule has 0 spiro atoms. The fourth-order valence-electron chi connectivity index (χ4n) is 1.07. The maximum atomic E-state index is 11.4. The summed E-state index contributed by atoms with van der Waals surface area (Å²) in [6.45, 7) is 0.0862. The van der Waals surface area contributed by atoms with Gasteiger partial charge in [-0.2, -0.15) is 5.10 Å². The number of amides is 1. The van der Waals surface area contributed by atoms with Gasteiger partial charge in [-0.15, -0.1) is 0 Å². The van der Waals surface area contributed by atoms with Crippen LogP contribution >= 0.6 is 0 Å². The van der Waals surface area contributed by atoms with E-state index >= 15 is 0 Å². The summed E-state index contributed by atoms with van der Waals surface area (Å²) in [5.41, 5.74) is 0.257. The molecule has 0 saturated heterocycles. The van der Waals surface area contributed by atoms with Crippen LogP contribution < -0.4 is 5.32 Å². The highest BCUT2D eigenvalue weighted by atomic mass is 16.4. The van der Waals surface area contributed by atoms with Gasteiger partial charge in [0.25, 0.3) is 5.91 Å². The first kappa shape index (κ1) is 12.2. The lowest BCUT2D eigenvalue weighted by Crippen LogP contribution is -2.30. The molecular weight excluding hydrogens is 214 g/mol. The lowest BCUT2D eigenvalue weighted by atomic mass is 10.2. The van der Waals surface area contributed by atoms with E-state index < -0.39 is 18.0 Å². The topological polar surface area (TPSA) is 104 Å². The zero-order valence-corrected chi connectivity index (χ0v) is 8.75. The second kappa shape index (κ2) is 5.26. The molecule has 0 saturated carbocycles. The van der Waals surface area contributed by atoms with E-state index in [-0.39, 0.29) is 18.7 Å². The Morgan fingerprint density at radius 3 is 2.81 bits per heavy atom. The molecule has 7 nitrogen and oxygen atoms in total. The number of aliphatic hydroxyl groups is 1. The zero-order valence-electron chi connectivity index (χ0n) is 8.75. The van der Waals surface area contributed by atoms with Crippen LogP contribution in [0.1, 0.15) is 16.9 Å². The first-order valence-corrected chi connectivity index (χ1v) is 4.69. The Bertz CT molecular complexity index is 388. The Hall–Kier alpha value is -1.89. The van der Waals surface area contributed by atoms with E-state index in [4.69, 9.17) is 10.2 Å². The molecule has 1 heterocycles. The summed E-state index contributed by atoms with van der Waals surface area (Å²) < 4.78 is 1.49. The zero-order chi connectivity index (χ0) is 12.1. The highest BCUT2D eigenvalue weighted by Gasteiger charge is 2.14. The van der Waals surface area contributed by atoms with Gasteiger partial charge in [-0.3, -0.25) is 9.48 Å². The molecule has 0 aromatic carbocycles. The van der Waals surface area contributed by atoms with Gasteiger partial charge in [-0.25, -0.2) is 4.79 Å². The van der Waals surface area contributed by atoms with Gasteiger partial charge in [0.1, 0.15) is 5.69 Å². The van der Waals surface area contributed by atoms with E-state index in [9.17, 15) is 9.59 Å². The standard InChI is InChI=1S/C9H13N3O4/c1-12-5-3-6(11-12)8(14)10-4-2-7(13)9(15)16/h3,5,7,13H,2,4H2,1H3,(H,10,14)(H,15,16). The Balaban J connectivity index is 2.34. The number of rotatable bonds is 5. The summed E-state index contributed by atoms with van der Waals surface area (Å²) >= 11 is 0. The number of carbonyl (C=O) groups excluding carboxylic acids is 1. The summed E-state index contributed by atoms with van der Waals surface area (Å²) in [6, 6.07) is 1.54. The molecule has 1 unspecified atom stereocenters. The molecule has 88 valence electrons. The van der Waals surface area contributed by atoms with Crippen molar-refractivity contribution in [3.8, 4) is 0 Å². The molecule has 1 atom stereocenters. The monoisotopic (exact) mass is 227 g/mol. The fraction of sp³-hybridized carbons (Fsp3) is 0.444. The molecule has 1 aromatic rings. The van der Waals surface area contributed by atoms with Crippen molar-refractivity contribution >= 4 is 11.9 Å². The molecule has 0 bridgehead atoms. The van der Waals surface area contributed by atoms with Crippen LogP contribution in [0.25, 0.3) is 0 Å². The third-order valence-electron chi connectivity index (χ3n) is 1.93. The Morgan fingerprint density at radius 2 is 2.31 bits per heavy atom. The molecule has 7 heteroatoms. The highest BCUT2D eigenvalue weighted by Crippen LogP contribution is 1.95. The van der Waals surface area contributed by atoms with Crippen molar-refractivity contribution in [2.45, 2.75) is 12.5 Å². The molecule has 0 aliphatic heterocycles. The molecule has 1 rings (SSSR count). The van der Waals surface area contributed by atoms with Gasteiger partial charge in [0, 0.05) is 26.2 Å². The maximum absolute atomic E-state index is 11.4. The SMILES string of the molecule is Cn1ccc(C(=O)NCCC(O)C(=O)O)n1.